The van der Waals surface area contributed by atoms with Crippen LogP contribution in [0.1, 0.15) is 18.7 Å². The van der Waals surface area contributed by atoms with Crippen molar-refractivity contribution in [3.05, 3.63) is 22.1 Å². The zero-order valence-corrected chi connectivity index (χ0v) is 13.5. The van der Waals surface area contributed by atoms with Gasteiger partial charge in [0, 0.05) is 26.0 Å². The molecule has 1 aliphatic rings. The molecule has 1 aromatic heterocycles. The van der Waals surface area contributed by atoms with Gasteiger partial charge in [0.15, 0.2) is 0 Å². The van der Waals surface area contributed by atoms with Crippen molar-refractivity contribution in [1.82, 2.24) is 20.2 Å². The Morgan fingerprint density at radius 1 is 1.57 bits per heavy atom. The van der Waals surface area contributed by atoms with Crippen molar-refractivity contribution in [3.8, 4) is 0 Å². The first-order valence-corrected chi connectivity index (χ1v) is 7.60. The highest BCUT2D eigenvalue weighted by molar-refractivity contribution is 5.75. The molecule has 1 fully saturated rings. The molecule has 0 saturated carbocycles. The van der Waals surface area contributed by atoms with Gasteiger partial charge in [-0.05, 0) is 35.8 Å². The van der Waals surface area contributed by atoms with Crippen LogP contribution in [0.2, 0.25) is 0 Å². The van der Waals surface area contributed by atoms with E-state index >= 15 is 0 Å². The molecule has 0 spiro atoms. The number of piperidine rings is 1. The summed E-state index contributed by atoms with van der Waals surface area (Å²) in [6.07, 6.45) is 3.16. The summed E-state index contributed by atoms with van der Waals surface area (Å²) in [4.78, 5) is 26.1. The number of nitrogens with one attached hydrogen (secondary N) is 2. The summed E-state index contributed by atoms with van der Waals surface area (Å²) < 4.78 is 6.80. The summed E-state index contributed by atoms with van der Waals surface area (Å²) in [6.45, 7) is 4.62. The molecule has 9 nitrogen and oxygen atoms in total. The van der Waals surface area contributed by atoms with E-state index in [0.29, 0.717) is 19.0 Å². The summed E-state index contributed by atoms with van der Waals surface area (Å²) in [6, 6.07) is 0. The third-order valence-electron chi connectivity index (χ3n) is 4.24. The Morgan fingerprint density at radius 2 is 2.26 bits per heavy atom. The van der Waals surface area contributed by atoms with Gasteiger partial charge >= 0.3 is 5.82 Å². The molecule has 1 saturated heterocycles. The summed E-state index contributed by atoms with van der Waals surface area (Å²) >= 11 is 0. The lowest BCUT2D eigenvalue weighted by Gasteiger charge is -2.37. The van der Waals surface area contributed by atoms with E-state index in [9.17, 15) is 14.9 Å². The normalized spacial score (nSPS) is 17.0. The maximum atomic E-state index is 12.1. The minimum absolute atomic E-state index is 0.0218. The largest absolute Gasteiger partial charge is 0.384 e. The standard InChI is InChI=1S/C14H23N5O4/c1-11-17-12(19(21)22)7-18(11)8-13(20)16-9-14(10-23-2)3-5-15-6-4-14/h7,15H,3-6,8-10H2,1-2H3,(H,16,20). The van der Waals surface area contributed by atoms with Crippen molar-refractivity contribution >= 4 is 11.7 Å². The molecule has 1 aromatic rings. The third-order valence-corrected chi connectivity index (χ3v) is 4.24. The van der Waals surface area contributed by atoms with Crippen molar-refractivity contribution in [1.29, 1.82) is 0 Å². The molecule has 2 rings (SSSR count). The van der Waals surface area contributed by atoms with E-state index in [1.807, 2.05) is 0 Å². The molecule has 1 amide bonds. The average molecular weight is 325 g/mol. The molecule has 0 aromatic carbocycles. The topological polar surface area (TPSA) is 111 Å². The second-order valence-corrected chi connectivity index (χ2v) is 5.99. The number of methoxy groups -OCH3 is 1. The fourth-order valence-electron chi connectivity index (χ4n) is 2.87. The van der Waals surface area contributed by atoms with Gasteiger partial charge in [0.1, 0.15) is 12.7 Å². The second-order valence-electron chi connectivity index (χ2n) is 5.99. The van der Waals surface area contributed by atoms with E-state index in [-0.39, 0.29) is 23.7 Å². The fourth-order valence-corrected chi connectivity index (χ4v) is 2.87. The van der Waals surface area contributed by atoms with Gasteiger partial charge in [-0.3, -0.25) is 9.36 Å². The van der Waals surface area contributed by atoms with Crippen LogP contribution in [0.4, 0.5) is 5.82 Å². The van der Waals surface area contributed by atoms with Crippen LogP contribution in [0.25, 0.3) is 0 Å². The number of aryl methyl sites for hydroxylation is 1. The van der Waals surface area contributed by atoms with E-state index in [1.165, 1.54) is 10.8 Å². The molecule has 0 atom stereocenters. The summed E-state index contributed by atoms with van der Waals surface area (Å²) in [5, 5.41) is 16.9. The van der Waals surface area contributed by atoms with E-state index in [4.69, 9.17) is 4.74 Å². The Balaban J connectivity index is 1.92. The number of nitrogens with zero attached hydrogens (tertiary/aromatic N) is 3. The quantitative estimate of drug-likeness (QED) is 0.548. The third kappa shape index (κ3) is 4.49. The first-order chi connectivity index (χ1) is 11.0. The van der Waals surface area contributed by atoms with Gasteiger partial charge in [-0.15, -0.1) is 0 Å². The summed E-state index contributed by atoms with van der Waals surface area (Å²) in [5.41, 5.74) is -0.0500. The number of imidazole rings is 1. The molecule has 2 N–H and O–H groups in total. The Labute approximate surface area is 134 Å². The van der Waals surface area contributed by atoms with E-state index in [2.05, 4.69) is 15.6 Å². The predicted molar refractivity (Wildman–Crippen MR) is 83.0 cm³/mol. The lowest BCUT2D eigenvalue weighted by Crippen LogP contribution is -2.47. The second kappa shape index (κ2) is 7.51. The number of rotatable bonds is 7. The van der Waals surface area contributed by atoms with Crippen LogP contribution in [0.3, 0.4) is 0 Å². The number of hydrogen-bond donors (Lipinski definition) is 2. The van der Waals surface area contributed by atoms with Gasteiger partial charge in [-0.2, -0.15) is 0 Å². The van der Waals surface area contributed by atoms with Crippen molar-refractivity contribution in [3.63, 3.8) is 0 Å². The first-order valence-electron chi connectivity index (χ1n) is 7.60. The van der Waals surface area contributed by atoms with E-state index in [1.54, 1.807) is 14.0 Å². The molecule has 1 aliphatic heterocycles. The number of carbonyl (C=O) groups is 1. The zero-order valence-electron chi connectivity index (χ0n) is 13.5. The maximum absolute atomic E-state index is 12.1. The van der Waals surface area contributed by atoms with Crippen molar-refractivity contribution in [2.75, 3.05) is 33.4 Å². The Hall–Kier alpha value is -2.00. The molecule has 0 unspecified atom stereocenters. The molecule has 0 aliphatic carbocycles. The molecule has 128 valence electrons. The van der Waals surface area contributed by atoms with Crippen LogP contribution in [0, 0.1) is 22.5 Å². The lowest BCUT2D eigenvalue weighted by molar-refractivity contribution is -0.389. The number of ether oxygens (including phenoxy) is 1. The summed E-state index contributed by atoms with van der Waals surface area (Å²) in [5.74, 6) is 0.0132. The average Bonchev–Trinajstić information content (AvgIpc) is 2.88. The zero-order chi connectivity index (χ0) is 16.9. The highest BCUT2D eigenvalue weighted by atomic mass is 16.6. The monoisotopic (exact) mass is 325 g/mol. The van der Waals surface area contributed by atoms with Gasteiger partial charge in [0.2, 0.25) is 11.7 Å². The fraction of sp³-hybridized carbons (Fsp3) is 0.714. The van der Waals surface area contributed by atoms with Crippen molar-refractivity contribution in [2.45, 2.75) is 26.3 Å². The van der Waals surface area contributed by atoms with Crippen LogP contribution in [0.5, 0.6) is 0 Å². The molecular formula is C14H23N5O4. The van der Waals surface area contributed by atoms with Crippen LogP contribution < -0.4 is 10.6 Å². The van der Waals surface area contributed by atoms with Crippen molar-refractivity contribution in [2.24, 2.45) is 5.41 Å². The number of amides is 1. The van der Waals surface area contributed by atoms with E-state index in [0.717, 1.165) is 25.9 Å². The van der Waals surface area contributed by atoms with Crippen LogP contribution in [0.15, 0.2) is 6.20 Å². The Bertz CT molecular complexity index is 560. The Morgan fingerprint density at radius 3 is 2.83 bits per heavy atom. The predicted octanol–water partition coefficient (Wildman–Crippen LogP) is 0.232. The number of nitro groups is 1. The Kier molecular flexibility index (Phi) is 5.67. The lowest BCUT2D eigenvalue weighted by atomic mass is 9.79. The van der Waals surface area contributed by atoms with Crippen LogP contribution >= 0.6 is 0 Å². The number of aromatic nitrogens is 2. The van der Waals surface area contributed by atoms with Gasteiger partial charge in [-0.25, -0.2) is 0 Å². The molecule has 0 bridgehead atoms. The summed E-state index contributed by atoms with van der Waals surface area (Å²) in [7, 11) is 1.67. The minimum Gasteiger partial charge on any atom is -0.384 e. The number of hydrogen-bond acceptors (Lipinski definition) is 6. The highest BCUT2D eigenvalue weighted by Crippen LogP contribution is 2.28. The van der Waals surface area contributed by atoms with Gasteiger partial charge in [0.25, 0.3) is 0 Å². The molecule has 0 radical (unpaired) electrons. The smallest absolute Gasteiger partial charge is 0.381 e. The highest BCUT2D eigenvalue weighted by Gasteiger charge is 2.32. The number of carbonyl (C=O) groups excluding carboxylic acids is 1. The van der Waals surface area contributed by atoms with Gasteiger partial charge < -0.3 is 25.5 Å². The SMILES string of the molecule is COCC1(CNC(=O)Cn2cc([N+](=O)[O-])nc2C)CCNCC1. The van der Waals surface area contributed by atoms with Crippen LogP contribution in [-0.2, 0) is 16.1 Å². The maximum Gasteiger partial charge on any atom is 0.381 e. The minimum atomic E-state index is -0.565. The molecular weight excluding hydrogens is 302 g/mol. The van der Waals surface area contributed by atoms with Crippen molar-refractivity contribution < 1.29 is 14.5 Å². The molecule has 2 heterocycles. The van der Waals surface area contributed by atoms with Gasteiger partial charge in [0.05, 0.1) is 6.61 Å². The van der Waals surface area contributed by atoms with E-state index < -0.39 is 4.92 Å². The van der Waals surface area contributed by atoms with Gasteiger partial charge in [-0.1, -0.05) is 0 Å². The molecule has 9 heteroatoms. The molecule has 23 heavy (non-hydrogen) atoms. The first kappa shape index (κ1) is 17.4. The van der Waals surface area contributed by atoms with Crippen LogP contribution in [-0.4, -0.2) is 53.7 Å².